The molecule has 0 radical (unpaired) electrons. The number of nitrogens with two attached hydrogens (primary N) is 1. The Kier molecular flexibility index (Phi) is 12.1. The maximum absolute atomic E-state index is 13.8. The second kappa shape index (κ2) is 14.3. The number of nitrogen functional groups attached to an aromatic ring is 1. The van der Waals surface area contributed by atoms with Crippen LogP contribution in [0.1, 0.15) is 71.1 Å². The molecule has 0 bridgehead atoms. The van der Waals surface area contributed by atoms with Crippen molar-refractivity contribution in [2.75, 3.05) is 5.73 Å². The van der Waals surface area contributed by atoms with E-state index in [1.54, 1.807) is 6.07 Å². The SMILES string of the molecule is C=Cc1cc(F)c(F)c2cc(O)cc(C(C)C)c12.CC.CC.CCc1cc(F)c(F)c2cc(O)cc(N)c12. The van der Waals surface area contributed by atoms with Crippen LogP contribution in [0.15, 0.2) is 43.0 Å². The van der Waals surface area contributed by atoms with Gasteiger partial charge in [0.05, 0.1) is 0 Å². The first-order valence-corrected chi connectivity index (χ1v) is 12.7. The average molecular weight is 532 g/mol. The average Bonchev–Trinajstić information content (AvgIpc) is 2.90. The van der Waals surface area contributed by atoms with Crippen LogP contribution in [0.4, 0.5) is 23.2 Å². The third-order valence-corrected chi connectivity index (χ3v) is 5.62. The van der Waals surface area contributed by atoms with Crippen LogP contribution in [0.5, 0.6) is 11.5 Å². The molecule has 3 nitrogen and oxygen atoms in total. The minimum absolute atomic E-state index is 0.0225. The highest BCUT2D eigenvalue weighted by Gasteiger charge is 2.17. The van der Waals surface area contributed by atoms with E-state index in [1.165, 1.54) is 24.3 Å². The van der Waals surface area contributed by atoms with Gasteiger partial charge in [-0.2, -0.15) is 0 Å². The number of halogens is 4. The van der Waals surface area contributed by atoms with Crippen molar-refractivity contribution in [1.29, 1.82) is 0 Å². The molecule has 0 aromatic heterocycles. The van der Waals surface area contributed by atoms with E-state index in [1.807, 2.05) is 48.5 Å². The van der Waals surface area contributed by atoms with E-state index in [-0.39, 0.29) is 33.9 Å². The molecule has 4 aromatic carbocycles. The fraction of sp³-hybridized carbons (Fsp3) is 0.290. The van der Waals surface area contributed by atoms with Crippen molar-refractivity contribution in [3.05, 3.63) is 82.9 Å². The van der Waals surface area contributed by atoms with Crippen molar-refractivity contribution < 1.29 is 27.8 Å². The standard InChI is InChI=1S/C15H14F2O.C12H11F2NO.2C2H6/c1-4-9-5-13(16)15(17)12-7-10(18)6-11(8(2)3)14(9)12;1-2-6-3-9(13)12(14)8-4-7(16)5-10(15)11(6)8;2*1-2/h4-8,18H,1H2,2-3H3;3-5,16H,2,15H2,1H3;2*1-2H3. The molecule has 4 N–H and O–H groups in total. The van der Waals surface area contributed by atoms with Gasteiger partial charge in [0.15, 0.2) is 23.3 Å². The zero-order valence-electron chi connectivity index (χ0n) is 23.0. The predicted molar refractivity (Wildman–Crippen MR) is 152 cm³/mol. The zero-order valence-corrected chi connectivity index (χ0v) is 23.0. The fourth-order valence-corrected chi connectivity index (χ4v) is 4.04. The molecule has 0 atom stereocenters. The Hall–Kier alpha value is -3.74. The summed E-state index contributed by atoms with van der Waals surface area (Å²) in [6.07, 6.45) is 2.04. The molecule has 38 heavy (non-hydrogen) atoms. The highest BCUT2D eigenvalue weighted by Crippen LogP contribution is 2.35. The van der Waals surface area contributed by atoms with Crippen molar-refractivity contribution in [2.45, 2.75) is 60.8 Å². The van der Waals surface area contributed by atoms with E-state index < -0.39 is 23.3 Å². The summed E-state index contributed by atoms with van der Waals surface area (Å²) < 4.78 is 54.1. The van der Waals surface area contributed by atoms with Crippen LogP contribution in [0.25, 0.3) is 27.6 Å². The lowest BCUT2D eigenvalue weighted by Crippen LogP contribution is -1.96. The zero-order chi connectivity index (χ0) is 29.3. The Morgan fingerprint density at radius 2 is 1.26 bits per heavy atom. The van der Waals surface area contributed by atoms with Crippen LogP contribution in [0.3, 0.4) is 0 Å². The molecular weight excluding hydrogens is 494 g/mol. The van der Waals surface area contributed by atoms with Gasteiger partial charge in [-0.25, -0.2) is 17.6 Å². The van der Waals surface area contributed by atoms with Gasteiger partial charge >= 0.3 is 0 Å². The summed E-state index contributed by atoms with van der Waals surface area (Å²) in [6.45, 7) is 17.3. The van der Waals surface area contributed by atoms with Gasteiger partial charge in [-0.15, -0.1) is 0 Å². The highest BCUT2D eigenvalue weighted by molar-refractivity contribution is 5.97. The van der Waals surface area contributed by atoms with E-state index in [2.05, 4.69) is 6.58 Å². The van der Waals surface area contributed by atoms with E-state index in [9.17, 15) is 27.8 Å². The summed E-state index contributed by atoms with van der Waals surface area (Å²) in [7, 11) is 0. The maximum atomic E-state index is 13.8. The molecule has 4 aromatic rings. The fourth-order valence-electron chi connectivity index (χ4n) is 4.04. The van der Waals surface area contributed by atoms with Gasteiger partial charge in [-0.1, -0.05) is 61.1 Å². The van der Waals surface area contributed by atoms with E-state index in [4.69, 9.17) is 5.73 Å². The highest BCUT2D eigenvalue weighted by atomic mass is 19.2. The first kappa shape index (κ1) is 32.3. The Bertz CT molecular complexity index is 1420. The molecule has 7 heteroatoms. The monoisotopic (exact) mass is 531 g/mol. The molecule has 0 fully saturated rings. The Labute approximate surface area is 222 Å². The number of aromatic hydroxyl groups is 2. The molecule has 0 aliphatic heterocycles. The quantitative estimate of drug-likeness (QED) is 0.182. The van der Waals surface area contributed by atoms with Crippen molar-refractivity contribution in [2.24, 2.45) is 0 Å². The number of phenols is 2. The van der Waals surface area contributed by atoms with Crippen molar-refractivity contribution in [3.8, 4) is 11.5 Å². The predicted octanol–water partition coefficient (Wildman–Crippen LogP) is 9.61. The minimum Gasteiger partial charge on any atom is -0.508 e. The van der Waals surface area contributed by atoms with Gasteiger partial charge in [0, 0.05) is 27.9 Å². The number of aryl methyl sites for hydroxylation is 1. The van der Waals surface area contributed by atoms with Crippen molar-refractivity contribution in [3.63, 3.8) is 0 Å². The molecule has 0 unspecified atom stereocenters. The van der Waals surface area contributed by atoms with E-state index in [0.29, 0.717) is 28.3 Å². The lowest BCUT2D eigenvalue weighted by molar-refractivity contribution is 0.473. The number of benzene rings is 4. The molecule has 0 spiro atoms. The molecule has 0 aliphatic rings. The number of anilines is 1. The molecular formula is C31H37F4NO2. The number of fused-ring (bicyclic) bond motifs is 2. The second-order valence-electron chi connectivity index (χ2n) is 8.22. The lowest BCUT2D eigenvalue weighted by atomic mass is 9.92. The lowest BCUT2D eigenvalue weighted by Gasteiger charge is -2.14. The molecule has 0 amide bonds. The van der Waals surface area contributed by atoms with Gasteiger partial charge in [0.2, 0.25) is 0 Å². The molecule has 4 rings (SSSR count). The summed E-state index contributed by atoms with van der Waals surface area (Å²) in [5, 5.41) is 20.1. The van der Waals surface area contributed by atoms with Gasteiger partial charge in [-0.3, -0.25) is 0 Å². The molecule has 0 saturated carbocycles. The Morgan fingerprint density at radius 3 is 1.74 bits per heavy atom. The van der Waals surface area contributed by atoms with Crippen LogP contribution >= 0.6 is 0 Å². The summed E-state index contributed by atoms with van der Waals surface area (Å²) >= 11 is 0. The van der Waals surface area contributed by atoms with E-state index in [0.717, 1.165) is 17.7 Å². The van der Waals surface area contributed by atoms with Gasteiger partial charge in [0.25, 0.3) is 0 Å². The number of hydrogen-bond acceptors (Lipinski definition) is 3. The second-order valence-corrected chi connectivity index (χ2v) is 8.22. The van der Waals surface area contributed by atoms with Gasteiger partial charge in [0.1, 0.15) is 11.5 Å². The first-order chi connectivity index (χ1) is 18.0. The minimum atomic E-state index is -0.977. The van der Waals surface area contributed by atoms with Crippen LogP contribution in [0.2, 0.25) is 0 Å². The number of hydrogen-bond donors (Lipinski definition) is 3. The van der Waals surface area contributed by atoms with Crippen LogP contribution in [0, 0.1) is 23.3 Å². The van der Waals surface area contributed by atoms with Crippen LogP contribution < -0.4 is 5.73 Å². The normalized spacial score (nSPS) is 10.2. The van der Waals surface area contributed by atoms with Crippen LogP contribution in [-0.4, -0.2) is 10.2 Å². The smallest absolute Gasteiger partial charge is 0.166 e. The molecule has 0 heterocycles. The van der Waals surface area contributed by atoms with Crippen molar-refractivity contribution in [1.82, 2.24) is 0 Å². The molecule has 0 saturated heterocycles. The third kappa shape index (κ3) is 6.77. The Morgan fingerprint density at radius 1 is 0.789 bits per heavy atom. The number of rotatable bonds is 3. The van der Waals surface area contributed by atoms with Gasteiger partial charge in [-0.05, 0) is 64.7 Å². The topological polar surface area (TPSA) is 66.5 Å². The van der Waals surface area contributed by atoms with E-state index >= 15 is 0 Å². The van der Waals surface area contributed by atoms with Crippen LogP contribution in [-0.2, 0) is 6.42 Å². The van der Waals surface area contributed by atoms with Gasteiger partial charge < -0.3 is 15.9 Å². The maximum Gasteiger partial charge on any atom is 0.166 e. The first-order valence-electron chi connectivity index (χ1n) is 12.7. The summed E-state index contributed by atoms with van der Waals surface area (Å²) in [6, 6.07) is 7.62. The summed E-state index contributed by atoms with van der Waals surface area (Å²) in [4.78, 5) is 0. The van der Waals surface area contributed by atoms with Crippen molar-refractivity contribution >= 4 is 33.3 Å². The number of phenolic OH excluding ortho intramolecular Hbond substituents is 2. The molecule has 0 aliphatic carbocycles. The third-order valence-electron chi connectivity index (χ3n) is 5.62. The summed E-state index contributed by atoms with van der Waals surface area (Å²) in [5.74, 6) is -3.92. The largest absolute Gasteiger partial charge is 0.508 e. The molecule has 206 valence electrons. The Balaban J connectivity index is 0.000000338. The summed E-state index contributed by atoms with van der Waals surface area (Å²) in [5.41, 5.74) is 7.90.